The minimum absolute atomic E-state index is 0.182. The lowest BCUT2D eigenvalue weighted by Crippen LogP contribution is -2.65. The van der Waals surface area contributed by atoms with Gasteiger partial charge in [0.05, 0.1) is 18.7 Å². The summed E-state index contributed by atoms with van der Waals surface area (Å²) in [6.07, 6.45) is 6.92. The molecule has 2 aromatic carbocycles. The lowest BCUT2D eigenvalue weighted by atomic mass is 9.75. The number of likely N-dealkylation sites (tertiary alicyclic amines) is 1. The van der Waals surface area contributed by atoms with Gasteiger partial charge in [0, 0.05) is 11.5 Å². The molecule has 0 saturated carbocycles. The van der Waals surface area contributed by atoms with E-state index in [4.69, 9.17) is 0 Å². The summed E-state index contributed by atoms with van der Waals surface area (Å²) in [5.74, 6) is -1.21. The Kier molecular flexibility index (Phi) is 5.46. The third-order valence-corrected chi connectivity index (χ3v) is 5.99. The predicted octanol–water partition coefficient (Wildman–Crippen LogP) is 4.28. The first-order valence-electron chi connectivity index (χ1n) is 10.0. The second kappa shape index (κ2) is 8.18. The quantitative estimate of drug-likeness (QED) is 0.848. The summed E-state index contributed by atoms with van der Waals surface area (Å²) in [5, 5.41) is 19.6. The maximum Gasteiger partial charge on any atom is 0.255 e. The van der Waals surface area contributed by atoms with E-state index in [1.54, 1.807) is 0 Å². The molecule has 148 valence electrons. The number of halogens is 1. The maximum atomic E-state index is 13.5. The first kappa shape index (κ1) is 19.4. The third kappa shape index (κ3) is 3.56. The minimum Gasteiger partial charge on any atom is -0.394 e. The van der Waals surface area contributed by atoms with Gasteiger partial charge >= 0.3 is 0 Å². The summed E-state index contributed by atoms with van der Waals surface area (Å²) in [6, 6.07) is 14.5. The Hall–Kier alpha value is -2.97. The van der Waals surface area contributed by atoms with Crippen molar-refractivity contribution < 1.29 is 14.3 Å². The Labute approximate surface area is 169 Å². The molecule has 4 rings (SSSR count). The van der Waals surface area contributed by atoms with Crippen molar-refractivity contribution in [2.75, 3.05) is 6.61 Å². The van der Waals surface area contributed by atoms with Gasteiger partial charge in [0.2, 0.25) is 0 Å². The Bertz CT molecular complexity index is 977. The Morgan fingerprint density at radius 3 is 2.62 bits per heavy atom. The van der Waals surface area contributed by atoms with Gasteiger partial charge in [-0.2, -0.15) is 5.26 Å². The SMILES string of the molecule is N#C[C@H]1[C@@H](c2ccc(C3=CCCCC3)cc2)[C@H](CO)N1C(=O)c1cccc(F)c1. The van der Waals surface area contributed by atoms with E-state index in [2.05, 4.69) is 24.3 Å². The van der Waals surface area contributed by atoms with E-state index in [1.165, 1.54) is 47.1 Å². The molecule has 1 aliphatic carbocycles. The number of rotatable bonds is 4. The van der Waals surface area contributed by atoms with E-state index in [9.17, 15) is 19.6 Å². The summed E-state index contributed by atoms with van der Waals surface area (Å²) in [5.41, 5.74) is 3.66. The van der Waals surface area contributed by atoms with Crippen LogP contribution in [0.25, 0.3) is 5.57 Å². The van der Waals surface area contributed by atoms with Gasteiger partial charge < -0.3 is 10.0 Å². The molecule has 1 saturated heterocycles. The number of carbonyl (C=O) groups is 1. The lowest BCUT2D eigenvalue weighted by Gasteiger charge is -2.51. The molecule has 0 spiro atoms. The molecule has 2 aromatic rings. The first-order chi connectivity index (χ1) is 14.1. The van der Waals surface area contributed by atoms with Crippen molar-refractivity contribution in [2.45, 2.75) is 43.7 Å². The van der Waals surface area contributed by atoms with Gasteiger partial charge in [0.25, 0.3) is 5.91 Å². The summed E-state index contributed by atoms with van der Waals surface area (Å²) in [4.78, 5) is 14.2. The summed E-state index contributed by atoms with van der Waals surface area (Å²) < 4.78 is 13.5. The molecule has 2 aliphatic rings. The van der Waals surface area contributed by atoms with E-state index in [-0.39, 0.29) is 18.1 Å². The number of nitrogens with zero attached hydrogens (tertiary/aromatic N) is 2. The molecule has 3 atom stereocenters. The smallest absolute Gasteiger partial charge is 0.255 e. The van der Waals surface area contributed by atoms with Crippen LogP contribution in [0.4, 0.5) is 4.39 Å². The zero-order chi connectivity index (χ0) is 20.4. The van der Waals surface area contributed by atoms with Crippen molar-refractivity contribution >= 4 is 11.5 Å². The first-order valence-corrected chi connectivity index (χ1v) is 10.0. The molecule has 0 aromatic heterocycles. The Balaban J connectivity index is 1.57. The topological polar surface area (TPSA) is 64.3 Å². The lowest BCUT2D eigenvalue weighted by molar-refractivity contribution is -0.00588. The normalized spacial score (nSPS) is 23.7. The van der Waals surface area contributed by atoms with Crippen LogP contribution in [-0.2, 0) is 0 Å². The van der Waals surface area contributed by atoms with Crippen molar-refractivity contribution in [3.8, 4) is 6.07 Å². The molecule has 5 heteroatoms. The van der Waals surface area contributed by atoms with Crippen LogP contribution in [0.3, 0.4) is 0 Å². The highest BCUT2D eigenvalue weighted by Crippen LogP contribution is 2.41. The largest absolute Gasteiger partial charge is 0.394 e. The van der Waals surface area contributed by atoms with Crippen LogP contribution >= 0.6 is 0 Å². The van der Waals surface area contributed by atoms with Gasteiger partial charge in [0.1, 0.15) is 11.9 Å². The van der Waals surface area contributed by atoms with Crippen molar-refractivity contribution in [2.24, 2.45) is 0 Å². The fraction of sp³-hybridized carbons (Fsp3) is 0.333. The van der Waals surface area contributed by atoms with Gasteiger partial charge in [0.15, 0.2) is 0 Å². The highest BCUT2D eigenvalue weighted by Gasteiger charge is 2.51. The number of allylic oxidation sites excluding steroid dienone is 2. The molecule has 4 nitrogen and oxygen atoms in total. The Morgan fingerprint density at radius 1 is 1.21 bits per heavy atom. The molecule has 0 radical (unpaired) electrons. The summed E-state index contributed by atoms with van der Waals surface area (Å²) in [6.45, 7) is -0.253. The van der Waals surface area contributed by atoms with E-state index >= 15 is 0 Å². The molecular formula is C24H23FN2O2. The van der Waals surface area contributed by atoms with Crippen molar-refractivity contribution in [3.05, 3.63) is 77.1 Å². The van der Waals surface area contributed by atoms with Crippen LogP contribution in [0.2, 0.25) is 0 Å². The third-order valence-electron chi connectivity index (χ3n) is 5.99. The van der Waals surface area contributed by atoms with Gasteiger partial charge in [-0.05, 0) is 60.6 Å². The maximum absolute atomic E-state index is 13.5. The van der Waals surface area contributed by atoms with Crippen LogP contribution in [0, 0.1) is 17.1 Å². The van der Waals surface area contributed by atoms with Crippen LogP contribution in [0.15, 0.2) is 54.6 Å². The standard InChI is InChI=1S/C24H23FN2O2/c25-20-8-4-7-19(13-20)24(29)27-21(14-26)23(22(27)15-28)18-11-9-17(10-12-18)16-5-2-1-3-6-16/h4-5,7-13,21-23,28H,1-3,6,15H2/t21-,22-,23+/m0/s1. The minimum atomic E-state index is -0.692. The second-order valence-corrected chi connectivity index (χ2v) is 7.67. The number of carbonyl (C=O) groups excluding carboxylic acids is 1. The van der Waals surface area contributed by atoms with Crippen LogP contribution in [0.1, 0.15) is 53.1 Å². The van der Waals surface area contributed by atoms with E-state index < -0.39 is 23.8 Å². The molecule has 1 fully saturated rings. The fourth-order valence-corrected chi connectivity index (χ4v) is 4.48. The van der Waals surface area contributed by atoms with Gasteiger partial charge in [-0.1, -0.05) is 36.4 Å². The zero-order valence-electron chi connectivity index (χ0n) is 16.1. The molecule has 1 aliphatic heterocycles. The number of benzene rings is 2. The highest BCUT2D eigenvalue weighted by molar-refractivity contribution is 5.95. The number of nitriles is 1. The number of hydrogen-bond donors (Lipinski definition) is 1. The molecule has 1 N–H and O–H groups in total. The molecule has 29 heavy (non-hydrogen) atoms. The predicted molar refractivity (Wildman–Crippen MR) is 108 cm³/mol. The van der Waals surface area contributed by atoms with Crippen LogP contribution in [0.5, 0.6) is 0 Å². The number of aliphatic hydroxyl groups excluding tert-OH is 1. The van der Waals surface area contributed by atoms with Gasteiger partial charge in [-0.15, -0.1) is 0 Å². The average Bonchev–Trinajstić information content (AvgIpc) is 2.74. The fourth-order valence-electron chi connectivity index (χ4n) is 4.48. The number of hydrogen-bond acceptors (Lipinski definition) is 3. The van der Waals surface area contributed by atoms with E-state index in [0.29, 0.717) is 0 Å². The van der Waals surface area contributed by atoms with Gasteiger partial charge in [-0.25, -0.2) is 4.39 Å². The van der Waals surface area contributed by atoms with Crippen LogP contribution < -0.4 is 0 Å². The molecule has 0 unspecified atom stereocenters. The average molecular weight is 390 g/mol. The molecule has 1 heterocycles. The van der Waals surface area contributed by atoms with E-state index in [1.807, 2.05) is 12.1 Å². The number of aliphatic hydroxyl groups is 1. The van der Waals surface area contributed by atoms with E-state index in [0.717, 1.165) is 24.5 Å². The van der Waals surface area contributed by atoms with Crippen molar-refractivity contribution in [1.29, 1.82) is 5.26 Å². The molecule has 1 amide bonds. The second-order valence-electron chi connectivity index (χ2n) is 7.67. The molecular weight excluding hydrogens is 367 g/mol. The zero-order valence-corrected chi connectivity index (χ0v) is 16.1. The summed E-state index contributed by atoms with van der Waals surface area (Å²) >= 11 is 0. The van der Waals surface area contributed by atoms with Crippen molar-refractivity contribution in [1.82, 2.24) is 4.90 Å². The van der Waals surface area contributed by atoms with Crippen molar-refractivity contribution in [3.63, 3.8) is 0 Å². The highest BCUT2D eigenvalue weighted by atomic mass is 19.1. The monoisotopic (exact) mass is 390 g/mol. The number of amides is 1. The Morgan fingerprint density at radius 2 is 2.00 bits per heavy atom. The molecule has 0 bridgehead atoms. The van der Waals surface area contributed by atoms with Gasteiger partial charge in [-0.3, -0.25) is 4.79 Å². The van der Waals surface area contributed by atoms with Crippen LogP contribution in [-0.4, -0.2) is 34.6 Å². The summed E-state index contributed by atoms with van der Waals surface area (Å²) in [7, 11) is 0.